The minimum absolute atomic E-state index is 0.350. The van der Waals surface area contributed by atoms with Crippen LogP contribution in [-0.2, 0) is 4.74 Å². The summed E-state index contributed by atoms with van der Waals surface area (Å²) in [5.74, 6) is 0. The molecule has 1 saturated carbocycles. The highest BCUT2D eigenvalue weighted by molar-refractivity contribution is 5.69. The average Bonchev–Trinajstić information content (AvgIpc) is 2.50. The second-order valence-electron chi connectivity index (χ2n) is 1.72. The summed E-state index contributed by atoms with van der Waals surface area (Å²) in [4.78, 5) is 10.3. The van der Waals surface area contributed by atoms with Gasteiger partial charge in [0, 0.05) is 0 Å². The minimum Gasteiger partial charge on any atom is -0.453 e. The maximum Gasteiger partial charge on any atom is 0.407 e. The van der Waals surface area contributed by atoms with Gasteiger partial charge in [-0.2, -0.15) is 0 Å². The Kier molecular flexibility index (Phi) is 1.37. The molecule has 1 rings (SSSR count). The van der Waals surface area contributed by atoms with Gasteiger partial charge in [-0.25, -0.2) is 4.79 Å². The number of carbonyl (C=O) groups excluding carboxylic acids is 1. The highest BCUT2D eigenvalue weighted by Crippen LogP contribution is 2.27. The SMILES string of the molecule is COC(=O)N[C]1CC1. The van der Waals surface area contributed by atoms with Crippen molar-refractivity contribution in [1.29, 1.82) is 0 Å². The number of rotatable bonds is 1. The lowest BCUT2D eigenvalue weighted by Gasteiger charge is -1.96. The Balaban J connectivity index is 2.07. The molecule has 0 aromatic heterocycles. The molecule has 0 unspecified atom stereocenters. The highest BCUT2D eigenvalue weighted by Gasteiger charge is 2.24. The zero-order valence-electron chi connectivity index (χ0n) is 4.73. The molecule has 0 spiro atoms. The lowest BCUT2D eigenvalue weighted by Crippen LogP contribution is -2.20. The predicted octanol–water partition coefficient (Wildman–Crippen LogP) is 0.668. The molecule has 1 radical (unpaired) electrons. The number of carbonyl (C=O) groups is 1. The normalized spacial score (nSPS) is 17.6. The number of nitrogens with one attached hydrogen (secondary N) is 1. The van der Waals surface area contributed by atoms with Crippen LogP contribution in [0.15, 0.2) is 0 Å². The summed E-state index contributed by atoms with van der Waals surface area (Å²) in [5.41, 5.74) is 0. The maximum atomic E-state index is 10.3. The van der Waals surface area contributed by atoms with E-state index in [1.807, 2.05) is 0 Å². The molecule has 0 aliphatic heterocycles. The first-order valence-corrected chi connectivity index (χ1v) is 2.52. The number of hydrogen-bond acceptors (Lipinski definition) is 2. The van der Waals surface area contributed by atoms with E-state index >= 15 is 0 Å². The van der Waals surface area contributed by atoms with Gasteiger partial charge in [0.05, 0.1) is 13.2 Å². The van der Waals surface area contributed by atoms with Crippen LogP contribution in [0.25, 0.3) is 0 Å². The van der Waals surface area contributed by atoms with Gasteiger partial charge >= 0.3 is 6.09 Å². The number of ether oxygens (including phenoxy) is 1. The van der Waals surface area contributed by atoms with Gasteiger partial charge < -0.3 is 10.1 Å². The summed E-state index contributed by atoms with van der Waals surface area (Å²) in [6.07, 6.45) is 1.70. The number of alkyl carbamates (subject to hydrolysis) is 1. The fourth-order valence-electron chi connectivity index (χ4n) is 0.383. The molecule has 1 amide bonds. The van der Waals surface area contributed by atoms with Crippen molar-refractivity contribution in [1.82, 2.24) is 5.32 Å². The van der Waals surface area contributed by atoms with E-state index in [1.165, 1.54) is 7.11 Å². The topological polar surface area (TPSA) is 38.3 Å². The largest absolute Gasteiger partial charge is 0.453 e. The van der Waals surface area contributed by atoms with Crippen molar-refractivity contribution < 1.29 is 9.53 Å². The zero-order chi connectivity index (χ0) is 5.98. The van der Waals surface area contributed by atoms with Crippen LogP contribution in [0.5, 0.6) is 0 Å². The van der Waals surface area contributed by atoms with Gasteiger partial charge in [-0.15, -0.1) is 0 Å². The first-order valence-electron chi connectivity index (χ1n) is 2.52. The van der Waals surface area contributed by atoms with E-state index < -0.39 is 0 Å². The zero-order valence-corrected chi connectivity index (χ0v) is 4.73. The van der Waals surface area contributed by atoms with E-state index in [0.717, 1.165) is 18.9 Å². The van der Waals surface area contributed by atoms with Crippen LogP contribution >= 0.6 is 0 Å². The van der Waals surface area contributed by atoms with E-state index in [4.69, 9.17) is 0 Å². The third-order valence-corrected chi connectivity index (χ3v) is 0.964. The summed E-state index contributed by atoms with van der Waals surface area (Å²) in [6.45, 7) is 0. The third-order valence-electron chi connectivity index (χ3n) is 0.964. The van der Waals surface area contributed by atoms with Crippen LogP contribution in [-0.4, -0.2) is 13.2 Å². The predicted molar refractivity (Wildman–Crippen MR) is 28.0 cm³/mol. The van der Waals surface area contributed by atoms with E-state index in [1.54, 1.807) is 0 Å². The lowest BCUT2D eigenvalue weighted by atomic mass is 10.7. The fraction of sp³-hybridized carbons (Fsp3) is 0.600. The Labute approximate surface area is 48.0 Å². The maximum absolute atomic E-state index is 10.3. The molecule has 0 saturated heterocycles. The molecule has 8 heavy (non-hydrogen) atoms. The molecular weight excluding hydrogens is 106 g/mol. The Hall–Kier alpha value is -0.730. The average molecular weight is 114 g/mol. The Morgan fingerprint density at radius 1 is 1.75 bits per heavy atom. The van der Waals surface area contributed by atoms with Gasteiger partial charge in [-0.05, 0) is 12.8 Å². The molecule has 1 aliphatic rings. The van der Waals surface area contributed by atoms with Crippen molar-refractivity contribution in [3.8, 4) is 0 Å². The second kappa shape index (κ2) is 2.03. The number of hydrogen-bond donors (Lipinski definition) is 1. The van der Waals surface area contributed by atoms with Crippen molar-refractivity contribution in [3.05, 3.63) is 6.04 Å². The molecule has 0 bridgehead atoms. The number of amides is 1. The van der Waals surface area contributed by atoms with Crippen molar-refractivity contribution in [2.45, 2.75) is 12.8 Å². The van der Waals surface area contributed by atoms with Gasteiger partial charge in [0.1, 0.15) is 0 Å². The molecule has 0 aromatic rings. The second-order valence-corrected chi connectivity index (χ2v) is 1.72. The van der Waals surface area contributed by atoms with Gasteiger partial charge in [-0.3, -0.25) is 0 Å². The minimum atomic E-state index is -0.350. The van der Waals surface area contributed by atoms with E-state index in [0.29, 0.717) is 0 Å². The molecule has 1 aliphatic carbocycles. The summed E-state index contributed by atoms with van der Waals surface area (Å²) >= 11 is 0. The summed E-state index contributed by atoms with van der Waals surface area (Å²) in [7, 11) is 1.36. The van der Waals surface area contributed by atoms with E-state index in [-0.39, 0.29) is 6.09 Å². The molecule has 0 atom stereocenters. The van der Waals surface area contributed by atoms with Crippen molar-refractivity contribution in [3.63, 3.8) is 0 Å². The van der Waals surface area contributed by atoms with Crippen molar-refractivity contribution >= 4 is 6.09 Å². The Morgan fingerprint density at radius 2 is 2.38 bits per heavy atom. The van der Waals surface area contributed by atoms with Crippen molar-refractivity contribution in [2.24, 2.45) is 0 Å². The molecule has 3 heteroatoms. The molecule has 3 nitrogen and oxygen atoms in total. The molecular formula is C5H8NO2. The summed E-state index contributed by atoms with van der Waals surface area (Å²) < 4.78 is 4.33. The van der Waals surface area contributed by atoms with Gasteiger partial charge in [0.15, 0.2) is 0 Å². The summed E-state index contributed by atoms with van der Waals surface area (Å²) in [5, 5.41) is 2.56. The van der Waals surface area contributed by atoms with Crippen LogP contribution in [0.1, 0.15) is 12.8 Å². The van der Waals surface area contributed by atoms with Crippen LogP contribution < -0.4 is 5.32 Å². The molecule has 0 heterocycles. The van der Waals surface area contributed by atoms with E-state index in [9.17, 15) is 4.79 Å². The lowest BCUT2D eigenvalue weighted by molar-refractivity contribution is 0.173. The van der Waals surface area contributed by atoms with Crippen LogP contribution in [0.3, 0.4) is 0 Å². The van der Waals surface area contributed by atoms with Gasteiger partial charge in [-0.1, -0.05) is 0 Å². The fourth-order valence-corrected chi connectivity index (χ4v) is 0.383. The third kappa shape index (κ3) is 1.40. The molecule has 1 fully saturated rings. The van der Waals surface area contributed by atoms with E-state index in [2.05, 4.69) is 10.1 Å². The van der Waals surface area contributed by atoms with Gasteiger partial charge in [0.2, 0.25) is 0 Å². The molecule has 0 aromatic carbocycles. The number of methoxy groups -OCH3 is 1. The first-order chi connectivity index (χ1) is 3.83. The van der Waals surface area contributed by atoms with Crippen molar-refractivity contribution in [2.75, 3.05) is 7.11 Å². The van der Waals surface area contributed by atoms with Crippen LogP contribution in [0, 0.1) is 6.04 Å². The highest BCUT2D eigenvalue weighted by atomic mass is 16.5. The Bertz CT molecular complexity index is 98.6. The first kappa shape index (κ1) is 5.41. The Morgan fingerprint density at radius 3 is 2.75 bits per heavy atom. The quantitative estimate of drug-likeness (QED) is 0.544. The molecule has 1 N–H and O–H groups in total. The van der Waals surface area contributed by atoms with Gasteiger partial charge in [0.25, 0.3) is 0 Å². The smallest absolute Gasteiger partial charge is 0.407 e. The summed E-state index contributed by atoms with van der Waals surface area (Å²) in [6, 6.07) is 1.08. The van der Waals surface area contributed by atoms with Crippen LogP contribution in [0.4, 0.5) is 4.79 Å². The standard InChI is InChI=1S/C5H8NO2/c1-8-5(7)6-4-2-3-4/h2-3H2,1H3,(H,6,7). The van der Waals surface area contributed by atoms with Crippen LogP contribution in [0.2, 0.25) is 0 Å². The molecule has 45 valence electrons. The monoisotopic (exact) mass is 114 g/mol.